The van der Waals surface area contributed by atoms with Crippen LogP contribution in [-0.2, 0) is 0 Å². The molecule has 3 rings (SSSR count). The third-order valence-corrected chi connectivity index (χ3v) is 3.87. The molecular weight excluding hydrogens is 232 g/mol. The van der Waals surface area contributed by atoms with E-state index in [1.165, 1.54) is 4.88 Å². The van der Waals surface area contributed by atoms with Crippen LogP contribution in [0.15, 0.2) is 17.5 Å². The van der Waals surface area contributed by atoms with Crippen molar-refractivity contribution in [2.45, 2.75) is 13.8 Å². The van der Waals surface area contributed by atoms with Crippen molar-refractivity contribution in [3.05, 3.63) is 28.8 Å². The van der Waals surface area contributed by atoms with Crippen molar-refractivity contribution in [2.24, 2.45) is 0 Å². The van der Waals surface area contributed by atoms with Gasteiger partial charge in [0.05, 0.1) is 5.39 Å². The van der Waals surface area contributed by atoms with Crippen LogP contribution in [0.25, 0.3) is 21.5 Å². The zero-order chi connectivity index (χ0) is 12.0. The van der Waals surface area contributed by atoms with E-state index in [0.717, 1.165) is 22.2 Å². The molecule has 0 aliphatic carbocycles. The molecule has 86 valence electrons. The number of thiophene rings is 1. The summed E-state index contributed by atoms with van der Waals surface area (Å²) >= 11 is 1.70. The average Bonchev–Trinajstić information content (AvgIpc) is 2.92. The van der Waals surface area contributed by atoms with Crippen LogP contribution in [0.3, 0.4) is 0 Å². The molecule has 0 aliphatic rings. The Kier molecular flexibility index (Phi) is 2.16. The first-order valence-electron chi connectivity index (χ1n) is 5.33. The van der Waals surface area contributed by atoms with Crippen LogP contribution in [0, 0.1) is 13.8 Å². The first-order valence-corrected chi connectivity index (χ1v) is 6.21. The second-order valence-electron chi connectivity index (χ2n) is 4.01. The van der Waals surface area contributed by atoms with Gasteiger partial charge in [-0.05, 0) is 30.9 Å². The molecule has 0 unspecified atom stereocenters. The smallest absolute Gasteiger partial charge is 0.184 e. The molecular formula is C12H12N4S. The van der Waals surface area contributed by atoms with E-state index in [0.29, 0.717) is 11.5 Å². The first kappa shape index (κ1) is 10.3. The second kappa shape index (κ2) is 3.56. The third kappa shape index (κ3) is 1.43. The maximum absolute atomic E-state index is 5.95. The Bertz CT molecular complexity index is 682. The fraction of sp³-hybridized carbons (Fsp3) is 0.167. The summed E-state index contributed by atoms with van der Waals surface area (Å²) in [5.74, 6) is 0.582. The molecule has 0 saturated carbocycles. The lowest BCUT2D eigenvalue weighted by Gasteiger charge is -2.08. The molecule has 0 spiro atoms. The molecule has 4 nitrogen and oxygen atoms in total. The largest absolute Gasteiger partial charge is 0.383 e. The number of nitrogen functional groups attached to an aromatic ring is 1. The average molecular weight is 244 g/mol. The minimum atomic E-state index is 0.582. The van der Waals surface area contributed by atoms with Gasteiger partial charge in [-0.1, -0.05) is 6.07 Å². The van der Waals surface area contributed by atoms with E-state index in [1.54, 1.807) is 11.3 Å². The Labute approximate surface area is 102 Å². The summed E-state index contributed by atoms with van der Waals surface area (Å²) in [5.41, 5.74) is 9.94. The first-order chi connectivity index (χ1) is 8.18. The molecule has 0 aliphatic heterocycles. The van der Waals surface area contributed by atoms with Crippen LogP contribution < -0.4 is 5.73 Å². The number of aryl methyl sites for hydroxylation is 1. The van der Waals surface area contributed by atoms with Crippen LogP contribution in [0.2, 0.25) is 0 Å². The number of rotatable bonds is 1. The molecule has 3 aromatic rings. The fourth-order valence-corrected chi connectivity index (χ4v) is 2.85. The van der Waals surface area contributed by atoms with Crippen LogP contribution >= 0.6 is 11.3 Å². The lowest BCUT2D eigenvalue weighted by atomic mass is 10.0. The van der Waals surface area contributed by atoms with E-state index in [-0.39, 0.29) is 0 Å². The predicted molar refractivity (Wildman–Crippen MR) is 71.1 cm³/mol. The number of fused-ring (bicyclic) bond motifs is 1. The van der Waals surface area contributed by atoms with Crippen LogP contribution in [0.4, 0.5) is 5.82 Å². The molecule has 5 heteroatoms. The van der Waals surface area contributed by atoms with Crippen molar-refractivity contribution >= 4 is 28.2 Å². The predicted octanol–water partition coefficient (Wildman–Crippen LogP) is 2.89. The van der Waals surface area contributed by atoms with Crippen molar-refractivity contribution in [3.8, 4) is 10.4 Å². The van der Waals surface area contributed by atoms with E-state index < -0.39 is 0 Å². The quantitative estimate of drug-likeness (QED) is 0.691. The molecule has 3 aromatic heterocycles. The van der Waals surface area contributed by atoms with Crippen molar-refractivity contribution in [3.63, 3.8) is 0 Å². The van der Waals surface area contributed by atoms with Gasteiger partial charge in [-0.15, -0.1) is 11.3 Å². The number of H-pyrrole nitrogens is 1. The molecule has 0 saturated heterocycles. The van der Waals surface area contributed by atoms with E-state index in [9.17, 15) is 0 Å². The maximum Gasteiger partial charge on any atom is 0.184 e. The van der Waals surface area contributed by atoms with Crippen molar-refractivity contribution < 1.29 is 0 Å². The number of aromatic amines is 1. The second-order valence-corrected chi connectivity index (χ2v) is 4.96. The van der Waals surface area contributed by atoms with Gasteiger partial charge in [-0.2, -0.15) is 5.10 Å². The van der Waals surface area contributed by atoms with Crippen LogP contribution in [-0.4, -0.2) is 15.2 Å². The normalized spacial score (nSPS) is 11.2. The van der Waals surface area contributed by atoms with Gasteiger partial charge >= 0.3 is 0 Å². The Hall–Kier alpha value is -1.88. The Morgan fingerprint density at radius 3 is 2.88 bits per heavy atom. The number of nitrogens with one attached hydrogen (secondary N) is 1. The minimum Gasteiger partial charge on any atom is -0.383 e. The van der Waals surface area contributed by atoms with E-state index >= 15 is 0 Å². The summed E-state index contributed by atoms with van der Waals surface area (Å²) in [5, 5.41) is 9.93. The SMILES string of the molecule is Cc1nc2n[nH]c(N)c2c(-c2cccs2)c1C. The van der Waals surface area contributed by atoms with Crippen LogP contribution in [0.1, 0.15) is 11.3 Å². The van der Waals surface area contributed by atoms with E-state index in [2.05, 4.69) is 33.6 Å². The Morgan fingerprint density at radius 2 is 2.18 bits per heavy atom. The molecule has 0 fully saturated rings. The highest BCUT2D eigenvalue weighted by Gasteiger charge is 2.16. The lowest BCUT2D eigenvalue weighted by molar-refractivity contribution is 1.09. The number of pyridine rings is 1. The number of nitrogens with two attached hydrogens (primary N) is 1. The maximum atomic E-state index is 5.95. The van der Waals surface area contributed by atoms with Crippen LogP contribution in [0.5, 0.6) is 0 Å². The lowest BCUT2D eigenvalue weighted by Crippen LogP contribution is -1.94. The zero-order valence-corrected chi connectivity index (χ0v) is 10.4. The fourth-order valence-electron chi connectivity index (χ4n) is 2.01. The Balaban J connectivity index is 2.49. The van der Waals surface area contributed by atoms with Crippen molar-refractivity contribution in [2.75, 3.05) is 5.73 Å². The summed E-state index contributed by atoms with van der Waals surface area (Å²) in [6.45, 7) is 4.07. The van der Waals surface area contributed by atoms with Crippen molar-refractivity contribution in [1.29, 1.82) is 0 Å². The number of nitrogens with zero attached hydrogens (tertiary/aromatic N) is 2. The number of hydrogen-bond acceptors (Lipinski definition) is 4. The molecule has 0 bridgehead atoms. The highest BCUT2D eigenvalue weighted by atomic mass is 32.1. The van der Waals surface area contributed by atoms with Gasteiger partial charge in [0.25, 0.3) is 0 Å². The molecule has 17 heavy (non-hydrogen) atoms. The molecule has 0 aromatic carbocycles. The highest BCUT2D eigenvalue weighted by Crippen LogP contribution is 2.36. The monoisotopic (exact) mass is 244 g/mol. The number of anilines is 1. The summed E-state index contributed by atoms with van der Waals surface area (Å²) in [6, 6.07) is 4.13. The molecule has 0 amide bonds. The van der Waals surface area contributed by atoms with E-state index in [1.807, 2.05) is 13.0 Å². The van der Waals surface area contributed by atoms with Gasteiger partial charge in [-0.25, -0.2) is 4.98 Å². The molecule has 3 heterocycles. The topological polar surface area (TPSA) is 67.6 Å². The van der Waals surface area contributed by atoms with Gasteiger partial charge in [-0.3, -0.25) is 5.10 Å². The number of hydrogen-bond donors (Lipinski definition) is 2. The summed E-state index contributed by atoms with van der Waals surface area (Å²) < 4.78 is 0. The van der Waals surface area contributed by atoms with Crippen molar-refractivity contribution in [1.82, 2.24) is 15.2 Å². The molecule has 3 N–H and O–H groups in total. The standard InChI is InChI=1S/C12H12N4S/c1-6-7(2)14-12-10(11(13)15-16-12)9(6)8-4-3-5-17-8/h3-5H,1-2H3,(H3,13,14,15,16). The number of aromatic nitrogens is 3. The van der Waals surface area contributed by atoms with Gasteiger partial charge in [0.2, 0.25) is 0 Å². The molecule has 0 radical (unpaired) electrons. The van der Waals surface area contributed by atoms with E-state index in [4.69, 9.17) is 5.73 Å². The summed E-state index contributed by atoms with van der Waals surface area (Å²) in [4.78, 5) is 5.65. The Morgan fingerprint density at radius 1 is 1.35 bits per heavy atom. The van der Waals surface area contributed by atoms with Gasteiger partial charge in [0, 0.05) is 16.1 Å². The minimum absolute atomic E-state index is 0.582. The van der Waals surface area contributed by atoms with Gasteiger partial charge in [0.15, 0.2) is 5.65 Å². The highest BCUT2D eigenvalue weighted by molar-refractivity contribution is 7.13. The summed E-state index contributed by atoms with van der Waals surface area (Å²) in [7, 11) is 0. The summed E-state index contributed by atoms with van der Waals surface area (Å²) in [6.07, 6.45) is 0. The van der Waals surface area contributed by atoms with Gasteiger partial charge < -0.3 is 5.73 Å². The zero-order valence-electron chi connectivity index (χ0n) is 9.61. The third-order valence-electron chi connectivity index (χ3n) is 2.98. The molecule has 0 atom stereocenters. The van der Waals surface area contributed by atoms with Gasteiger partial charge in [0.1, 0.15) is 5.82 Å².